The molecule has 1 fully saturated rings. The maximum absolute atomic E-state index is 13.4. The van der Waals surface area contributed by atoms with Gasteiger partial charge in [-0.1, -0.05) is 51.2 Å². The Balaban J connectivity index is 0.000000244. The van der Waals surface area contributed by atoms with Crippen LogP contribution < -0.4 is 0 Å². The number of aromatic nitrogens is 1. The highest BCUT2D eigenvalue weighted by atomic mass is 32.2. The Kier molecular flexibility index (Phi) is 14.6. The van der Waals surface area contributed by atoms with E-state index in [0.717, 1.165) is 43.4 Å². The molecule has 1 aromatic carbocycles. The Bertz CT molecular complexity index is 1030. The Morgan fingerprint density at radius 2 is 1.84 bits per heavy atom. The smallest absolute Gasteiger partial charge is 0.130 e. The highest BCUT2D eigenvalue weighted by Gasteiger charge is 2.22. The first-order chi connectivity index (χ1) is 18.0. The summed E-state index contributed by atoms with van der Waals surface area (Å²) >= 11 is 1.81. The van der Waals surface area contributed by atoms with Gasteiger partial charge < -0.3 is 19.0 Å². The fourth-order valence-corrected chi connectivity index (χ4v) is 5.47. The van der Waals surface area contributed by atoms with E-state index in [1.165, 1.54) is 42.0 Å². The summed E-state index contributed by atoms with van der Waals surface area (Å²) in [6, 6.07) is 7.91. The van der Waals surface area contributed by atoms with Gasteiger partial charge in [0.2, 0.25) is 0 Å². The number of carbonyl (C=O) groups is 1. The van der Waals surface area contributed by atoms with E-state index in [0.29, 0.717) is 6.04 Å². The minimum absolute atomic E-state index is 0.0426. The molecule has 2 aromatic rings. The highest BCUT2D eigenvalue weighted by molar-refractivity contribution is 8.03. The fraction of sp³-hybridized carbons (Fsp3) is 0.516. The van der Waals surface area contributed by atoms with Crippen molar-refractivity contribution >= 4 is 29.0 Å². The summed E-state index contributed by atoms with van der Waals surface area (Å²) in [5, 5.41) is 1.04. The first-order valence-electron chi connectivity index (χ1n) is 13.6. The summed E-state index contributed by atoms with van der Waals surface area (Å²) in [5.74, 6) is 0.881. The summed E-state index contributed by atoms with van der Waals surface area (Å²) in [6.45, 7) is 12.8. The van der Waals surface area contributed by atoms with Gasteiger partial charge in [-0.15, -0.1) is 11.8 Å². The second-order valence-corrected chi connectivity index (χ2v) is 10.5. The van der Waals surface area contributed by atoms with Crippen LogP contribution in [0.4, 0.5) is 4.39 Å². The second kappa shape index (κ2) is 17.4. The number of carbonyl (C=O) groups excluding carboxylic acids is 1. The third kappa shape index (κ3) is 9.91. The van der Waals surface area contributed by atoms with Gasteiger partial charge >= 0.3 is 0 Å². The Morgan fingerprint density at radius 3 is 2.43 bits per heavy atom. The van der Waals surface area contributed by atoms with Crippen LogP contribution in [0.1, 0.15) is 58.7 Å². The molecule has 4 rings (SSSR count). The van der Waals surface area contributed by atoms with E-state index in [9.17, 15) is 9.18 Å². The van der Waals surface area contributed by atoms with Gasteiger partial charge in [-0.2, -0.15) is 0 Å². The molecule has 4 nitrogen and oxygen atoms in total. The molecule has 0 spiro atoms. The molecule has 1 unspecified atom stereocenters. The van der Waals surface area contributed by atoms with Gasteiger partial charge in [0.15, 0.2) is 0 Å². The number of benzene rings is 1. The molecule has 1 aliphatic carbocycles. The van der Waals surface area contributed by atoms with Gasteiger partial charge in [-0.25, -0.2) is 4.39 Å². The molecule has 1 aliphatic heterocycles. The third-order valence-electron chi connectivity index (χ3n) is 6.67. The number of ether oxygens (including phenoxy) is 1. The average Bonchev–Trinajstić information content (AvgIpc) is 3.28. The predicted molar refractivity (Wildman–Crippen MR) is 158 cm³/mol. The zero-order valence-corrected chi connectivity index (χ0v) is 24.1. The van der Waals surface area contributed by atoms with E-state index in [-0.39, 0.29) is 11.7 Å². The lowest BCUT2D eigenvalue weighted by atomic mass is 10.0. The minimum atomic E-state index is -0.141. The van der Waals surface area contributed by atoms with Crippen molar-refractivity contribution in [2.75, 3.05) is 39.1 Å². The molecule has 0 radical (unpaired) electrons. The summed E-state index contributed by atoms with van der Waals surface area (Å²) in [4.78, 5) is 14.4. The number of likely N-dealkylation sites (tertiary alicyclic amines) is 1. The highest BCUT2D eigenvalue weighted by Crippen LogP contribution is 2.31. The molecule has 2 aliphatic rings. The number of rotatable bonds is 7. The van der Waals surface area contributed by atoms with Crippen LogP contribution in [0, 0.1) is 11.7 Å². The van der Waals surface area contributed by atoms with Crippen molar-refractivity contribution in [3.8, 4) is 0 Å². The van der Waals surface area contributed by atoms with Gasteiger partial charge in [0.25, 0.3) is 0 Å². The first kappa shape index (κ1) is 31.1. The topological polar surface area (TPSA) is 34.5 Å². The van der Waals surface area contributed by atoms with Crippen molar-refractivity contribution in [2.45, 2.75) is 59.4 Å². The number of aryl methyl sites for hydroxylation is 1. The lowest BCUT2D eigenvalue weighted by Gasteiger charge is -2.33. The summed E-state index contributed by atoms with van der Waals surface area (Å²) in [7, 11) is 1.68. The van der Waals surface area contributed by atoms with E-state index in [4.69, 9.17) is 0 Å². The zero-order chi connectivity index (χ0) is 27.0. The van der Waals surface area contributed by atoms with Gasteiger partial charge in [-0.05, 0) is 74.1 Å². The van der Waals surface area contributed by atoms with Crippen LogP contribution in [-0.2, 0) is 16.0 Å². The summed E-state index contributed by atoms with van der Waals surface area (Å²) < 4.78 is 20.4. The van der Waals surface area contributed by atoms with Crippen molar-refractivity contribution in [1.82, 2.24) is 9.47 Å². The monoisotopic (exact) mass is 528 g/mol. The number of hydrogen-bond acceptors (Lipinski definition) is 4. The molecule has 1 atom stereocenters. The molecule has 204 valence electrons. The van der Waals surface area contributed by atoms with Gasteiger partial charge in [-0.3, -0.25) is 0 Å². The number of nitrogens with zero attached hydrogens (tertiary/aromatic N) is 2. The molecular formula is C31H45FN2O2S. The van der Waals surface area contributed by atoms with Crippen LogP contribution in [0.25, 0.3) is 10.9 Å². The SMILES string of the molecule is CCOC.CCS/C1=C/C(C=O)C=C/C=C\C1.CCc1cc2cc(F)ccc2n1C1CCN(CC)CC1. The number of thioether (sulfide) groups is 1. The van der Waals surface area contributed by atoms with E-state index >= 15 is 0 Å². The van der Waals surface area contributed by atoms with Crippen molar-refractivity contribution < 1.29 is 13.9 Å². The van der Waals surface area contributed by atoms with Gasteiger partial charge in [0.05, 0.1) is 5.92 Å². The van der Waals surface area contributed by atoms with Crippen molar-refractivity contribution in [3.63, 3.8) is 0 Å². The molecule has 1 aromatic heterocycles. The summed E-state index contributed by atoms with van der Waals surface area (Å²) in [6.07, 6.45) is 15.3. The fourth-order valence-electron chi connectivity index (χ4n) is 4.63. The number of fused-ring (bicyclic) bond motifs is 1. The van der Waals surface area contributed by atoms with Crippen molar-refractivity contribution in [3.05, 3.63) is 71.1 Å². The number of methoxy groups -OCH3 is 1. The third-order valence-corrected chi connectivity index (χ3v) is 7.63. The molecule has 0 N–H and O–H groups in total. The number of allylic oxidation sites excluding steroid dienone is 6. The molecule has 0 saturated carbocycles. The molecule has 0 amide bonds. The molecular weight excluding hydrogens is 483 g/mol. The van der Waals surface area contributed by atoms with E-state index in [1.807, 2.05) is 49.1 Å². The van der Waals surface area contributed by atoms with Crippen molar-refractivity contribution in [1.29, 1.82) is 0 Å². The van der Waals surface area contributed by atoms with Crippen molar-refractivity contribution in [2.24, 2.45) is 5.92 Å². The van der Waals surface area contributed by atoms with E-state index in [2.05, 4.69) is 47.1 Å². The van der Waals surface area contributed by atoms with Crippen LogP contribution in [0.5, 0.6) is 0 Å². The lowest BCUT2D eigenvalue weighted by molar-refractivity contribution is -0.108. The molecule has 2 heterocycles. The van der Waals surface area contributed by atoms with Crippen LogP contribution in [0.3, 0.4) is 0 Å². The first-order valence-corrected chi connectivity index (χ1v) is 14.6. The predicted octanol–water partition coefficient (Wildman–Crippen LogP) is 7.61. The average molecular weight is 529 g/mol. The van der Waals surface area contributed by atoms with Crippen LogP contribution in [0.2, 0.25) is 0 Å². The largest absolute Gasteiger partial charge is 0.385 e. The van der Waals surface area contributed by atoms with E-state index in [1.54, 1.807) is 19.2 Å². The quantitative estimate of drug-likeness (QED) is 0.347. The Labute approximate surface area is 227 Å². The lowest BCUT2D eigenvalue weighted by Crippen LogP contribution is -2.34. The van der Waals surface area contributed by atoms with Crippen LogP contribution >= 0.6 is 11.8 Å². The maximum atomic E-state index is 13.4. The Morgan fingerprint density at radius 1 is 1.11 bits per heavy atom. The minimum Gasteiger partial charge on any atom is -0.385 e. The number of hydrogen-bond donors (Lipinski definition) is 0. The van der Waals surface area contributed by atoms with Crippen LogP contribution in [-0.4, -0.2) is 54.9 Å². The number of piperidine rings is 1. The molecule has 0 bridgehead atoms. The van der Waals surface area contributed by atoms with Gasteiger partial charge in [0.1, 0.15) is 12.1 Å². The number of aldehydes is 1. The van der Waals surface area contributed by atoms with Crippen LogP contribution in [0.15, 0.2) is 59.6 Å². The Hall–Kier alpha value is -2.15. The standard InChI is InChI=1S/C17H23FN2.C11H14OS.C3H8O/c1-3-15-12-13-11-14(18)5-6-17(13)20(15)16-7-9-19(4-2)10-8-16;1-2-13-11-7-5-3-4-6-10(8-11)9-12;1-3-4-2/h5-6,11-12,16H,3-4,7-10H2,1-2H3;3-6,8-10H,2,7H2,1H3;3H2,1-2H3/b;5-3-,6-4?,11-8+;. The van der Waals surface area contributed by atoms with Gasteiger partial charge in [0, 0.05) is 49.4 Å². The van der Waals surface area contributed by atoms with E-state index < -0.39 is 0 Å². The summed E-state index contributed by atoms with van der Waals surface area (Å²) in [5.41, 5.74) is 2.53. The second-order valence-electron chi connectivity index (χ2n) is 9.10. The number of halogens is 1. The molecule has 6 heteroatoms. The molecule has 1 saturated heterocycles. The maximum Gasteiger partial charge on any atom is 0.130 e. The normalized spacial score (nSPS) is 20.5. The zero-order valence-electron chi connectivity index (χ0n) is 23.3. The molecule has 37 heavy (non-hydrogen) atoms.